The Kier molecular flexibility index (Phi) is 2.70. The van der Waals surface area contributed by atoms with Gasteiger partial charge in [0.05, 0.1) is 5.02 Å². The van der Waals surface area contributed by atoms with Crippen molar-refractivity contribution in [2.75, 3.05) is 5.32 Å². The van der Waals surface area contributed by atoms with Gasteiger partial charge in [0.1, 0.15) is 5.75 Å². The van der Waals surface area contributed by atoms with Crippen molar-refractivity contribution in [2.45, 2.75) is 38.1 Å². The van der Waals surface area contributed by atoms with Crippen LogP contribution in [0.4, 0.5) is 5.69 Å². The average molecular weight is 278 g/mol. The summed E-state index contributed by atoms with van der Waals surface area (Å²) in [7, 11) is 0. The second-order valence-corrected chi connectivity index (χ2v) is 7.17. The fraction of sp³-hybridized carbons (Fsp3) is 0.625. The number of nitrogens with one attached hydrogen (secondary N) is 1. The maximum absolute atomic E-state index is 9.49. The molecule has 1 aromatic rings. The van der Waals surface area contributed by atoms with E-state index in [2.05, 4.69) is 5.32 Å². The Morgan fingerprint density at radius 1 is 1.00 bits per heavy atom. The van der Waals surface area contributed by atoms with Crippen molar-refractivity contribution in [3.8, 4) is 5.75 Å². The molecule has 0 amide bonds. The molecule has 2 N–H and O–H groups in total. The van der Waals surface area contributed by atoms with E-state index < -0.39 is 0 Å². The standard InChI is InChI=1S/C16H20ClNO/c17-14-8-13(1-2-15(14)19)18-16-11-4-9-3-10(6-11)7-12(16)5-9/h1-2,8-12,16,18-19H,3-7H2. The first-order chi connectivity index (χ1) is 9.19. The summed E-state index contributed by atoms with van der Waals surface area (Å²) in [5.74, 6) is 3.87. The molecule has 4 bridgehead atoms. The van der Waals surface area contributed by atoms with Gasteiger partial charge in [0, 0.05) is 11.7 Å². The maximum atomic E-state index is 9.49. The zero-order valence-corrected chi connectivity index (χ0v) is 11.7. The smallest absolute Gasteiger partial charge is 0.134 e. The molecule has 4 fully saturated rings. The zero-order chi connectivity index (χ0) is 13.0. The molecule has 19 heavy (non-hydrogen) atoms. The SMILES string of the molecule is Oc1ccc(NC2C3CC4CC(C3)CC2C4)cc1Cl. The van der Waals surface area contributed by atoms with Crippen LogP contribution in [-0.2, 0) is 0 Å². The van der Waals surface area contributed by atoms with Crippen molar-refractivity contribution in [1.29, 1.82) is 0 Å². The van der Waals surface area contributed by atoms with Crippen molar-refractivity contribution >= 4 is 17.3 Å². The van der Waals surface area contributed by atoms with Crippen molar-refractivity contribution in [1.82, 2.24) is 0 Å². The first-order valence-corrected chi connectivity index (χ1v) is 7.82. The van der Waals surface area contributed by atoms with E-state index in [0.717, 1.165) is 29.4 Å². The van der Waals surface area contributed by atoms with Crippen LogP contribution in [0.5, 0.6) is 5.75 Å². The maximum Gasteiger partial charge on any atom is 0.134 e. The van der Waals surface area contributed by atoms with E-state index in [1.807, 2.05) is 12.1 Å². The van der Waals surface area contributed by atoms with Gasteiger partial charge in [0.25, 0.3) is 0 Å². The summed E-state index contributed by atoms with van der Waals surface area (Å²) in [4.78, 5) is 0. The second kappa shape index (κ2) is 4.31. The van der Waals surface area contributed by atoms with Crippen LogP contribution in [0.3, 0.4) is 0 Å². The van der Waals surface area contributed by atoms with Crippen LogP contribution >= 0.6 is 11.6 Å². The zero-order valence-electron chi connectivity index (χ0n) is 11.0. The average Bonchev–Trinajstić information content (AvgIpc) is 2.37. The number of phenols is 1. The monoisotopic (exact) mass is 277 g/mol. The minimum Gasteiger partial charge on any atom is -0.506 e. The fourth-order valence-corrected chi connectivity index (χ4v) is 5.13. The summed E-state index contributed by atoms with van der Waals surface area (Å²) in [5.41, 5.74) is 1.06. The largest absolute Gasteiger partial charge is 0.506 e. The molecule has 4 saturated carbocycles. The molecule has 1 aromatic carbocycles. The number of rotatable bonds is 2. The van der Waals surface area contributed by atoms with E-state index in [-0.39, 0.29) is 5.75 Å². The van der Waals surface area contributed by atoms with Gasteiger partial charge in [-0.3, -0.25) is 0 Å². The summed E-state index contributed by atoms with van der Waals surface area (Å²) in [6.45, 7) is 0. The topological polar surface area (TPSA) is 32.3 Å². The van der Waals surface area contributed by atoms with E-state index in [1.54, 1.807) is 6.07 Å². The summed E-state index contributed by atoms with van der Waals surface area (Å²) in [5, 5.41) is 13.6. The molecule has 102 valence electrons. The summed E-state index contributed by atoms with van der Waals surface area (Å²) in [6, 6.07) is 6.09. The van der Waals surface area contributed by atoms with Gasteiger partial charge in [-0.1, -0.05) is 11.6 Å². The van der Waals surface area contributed by atoms with Gasteiger partial charge in [0.15, 0.2) is 0 Å². The molecular formula is C16H20ClNO. The van der Waals surface area contributed by atoms with Crippen LogP contribution in [0, 0.1) is 23.7 Å². The van der Waals surface area contributed by atoms with Gasteiger partial charge in [-0.25, -0.2) is 0 Å². The van der Waals surface area contributed by atoms with Crippen LogP contribution < -0.4 is 5.32 Å². The highest BCUT2D eigenvalue weighted by Crippen LogP contribution is 2.54. The number of anilines is 1. The van der Waals surface area contributed by atoms with Crippen LogP contribution in [0.15, 0.2) is 18.2 Å². The highest BCUT2D eigenvalue weighted by molar-refractivity contribution is 6.32. The number of aromatic hydroxyl groups is 1. The van der Waals surface area contributed by atoms with Gasteiger partial charge >= 0.3 is 0 Å². The Labute approximate surface area is 119 Å². The lowest BCUT2D eigenvalue weighted by atomic mass is 9.54. The van der Waals surface area contributed by atoms with E-state index in [0.29, 0.717) is 11.1 Å². The Hall–Kier alpha value is -0.890. The lowest BCUT2D eigenvalue weighted by Crippen LogP contribution is -2.51. The third-order valence-corrected chi connectivity index (χ3v) is 5.81. The van der Waals surface area contributed by atoms with E-state index in [1.165, 1.54) is 32.1 Å². The second-order valence-electron chi connectivity index (χ2n) is 6.77. The Balaban J connectivity index is 1.55. The van der Waals surface area contributed by atoms with Gasteiger partial charge in [-0.15, -0.1) is 0 Å². The lowest BCUT2D eigenvalue weighted by molar-refractivity contribution is 0.00754. The van der Waals surface area contributed by atoms with E-state index >= 15 is 0 Å². The van der Waals surface area contributed by atoms with Crippen molar-refractivity contribution in [3.05, 3.63) is 23.2 Å². The molecule has 2 nitrogen and oxygen atoms in total. The van der Waals surface area contributed by atoms with Crippen LogP contribution in [-0.4, -0.2) is 11.1 Å². The predicted octanol–water partition coefficient (Wildman–Crippen LogP) is 4.28. The number of phenolic OH excluding ortho intramolecular Hbond substituents is 1. The number of halogens is 1. The molecule has 5 rings (SSSR count). The van der Waals surface area contributed by atoms with Gasteiger partial charge in [0.2, 0.25) is 0 Å². The van der Waals surface area contributed by atoms with Gasteiger partial charge in [-0.05, 0) is 74.0 Å². The molecule has 0 saturated heterocycles. The van der Waals surface area contributed by atoms with Crippen LogP contribution in [0.1, 0.15) is 32.1 Å². The Morgan fingerprint density at radius 2 is 1.63 bits per heavy atom. The molecule has 0 atom stereocenters. The normalized spacial score (nSPS) is 39.5. The summed E-state index contributed by atoms with van der Waals surface area (Å²) >= 11 is 5.99. The molecule has 0 aromatic heterocycles. The van der Waals surface area contributed by atoms with Gasteiger partial charge < -0.3 is 10.4 Å². The number of benzene rings is 1. The molecule has 0 unspecified atom stereocenters. The van der Waals surface area contributed by atoms with E-state index in [9.17, 15) is 5.11 Å². The third kappa shape index (κ3) is 2.01. The van der Waals surface area contributed by atoms with Crippen molar-refractivity contribution < 1.29 is 5.11 Å². The molecule has 0 aliphatic heterocycles. The highest BCUT2D eigenvalue weighted by Gasteiger charge is 2.48. The molecular weight excluding hydrogens is 258 g/mol. The quantitative estimate of drug-likeness (QED) is 0.791. The lowest BCUT2D eigenvalue weighted by Gasteiger charge is -2.54. The molecule has 0 heterocycles. The minimum absolute atomic E-state index is 0.164. The minimum atomic E-state index is 0.164. The number of hydrogen-bond donors (Lipinski definition) is 2. The summed E-state index contributed by atoms with van der Waals surface area (Å²) < 4.78 is 0. The Morgan fingerprint density at radius 3 is 2.21 bits per heavy atom. The molecule has 3 heteroatoms. The first-order valence-electron chi connectivity index (χ1n) is 7.44. The predicted molar refractivity (Wildman–Crippen MR) is 77.6 cm³/mol. The van der Waals surface area contributed by atoms with E-state index in [4.69, 9.17) is 11.6 Å². The molecule has 4 aliphatic rings. The fourth-order valence-electron chi connectivity index (χ4n) is 4.95. The molecule has 0 spiro atoms. The van der Waals surface area contributed by atoms with Crippen LogP contribution in [0.2, 0.25) is 5.02 Å². The molecule has 4 aliphatic carbocycles. The highest BCUT2D eigenvalue weighted by atomic mass is 35.5. The van der Waals surface area contributed by atoms with Gasteiger partial charge in [-0.2, -0.15) is 0 Å². The first kappa shape index (κ1) is 11.9. The molecule has 0 radical (unpaired) electrons. The van der Waals surface area contributed by atoms with Crippen molar-refractivity contribution in [2.24, 2.45) is 23.7 Å². The number of hydrogen-bond acceptors (Lipinski definition) is 2. The van der Waals surface area contributed by atoms with Crippen LogP contribution in [0.25, 0.3) is 0 Å². The Bertz CT molecular complexity index is 474. The third-order valence-electron chi connectivity index (χ3n) is 5.51. The summed E-state index contributed by atoms with van der Waals surface area (Å²) in [6.07, 6.45) is 7.14. The van der Waals surface area contributed by atoms with Crippen molar-refractivity contribution in [3.63, 3.8) is 0 Å².